The number of carbonyl (C=O) groups is 1. The Balaban J connectivity index is 2.00. The average molecular weight is 301 g/mol. The minimum Gasteiger partial charge on any atom is -0.368 e. The monoisotopic (exact) mass is 301 g/mol. The number of hydrogen-bond donors (Lipinski definition) is 1. The molecule has 0 unspecified atom stereocenters. The molecule has 2 heterocycles. The van der Waals surface area contributed by atoms with Crippen molar-refractivity contribution in [2.24, 2.45) is 0 Å². The summed E-state index contributed by atoms with van der Waals surface area (Å²) in [5, 5.41) is 7.94. The fraction of sp³-hybridized carbons (Fsp3) is 0.357. The fourth-order valence-corrected chi connectivity index (χ4v) is 1.83. The smallest absolute Gasteiger partial charge is 0.246 e. The van der Waals surface area contributed by atoms with Crippen LogP contribution < -0.4 is 5.73 Å². The second-order valence-electron chi connectivity index (χ2n) is 5.15. The molecule has 2 rings (SSSR count). The maximum atomic E-state index is 12.1. The van der Waals surface area contributed by atoms with Gasteiger partial charge < -0.3 is 15.2 Å². The molecule has 0 aliphatic rings. The van der Waals surface area contributed by atoms with E-state index in [1.54, 1.807) is 36.7 Å². The van der Waals surface area contributed by atoms with Crippen molar-refractivity contribution in [2.45, 2.75) is 26.4 Å². The molecule has 0 saturated heterocycles. The maximum absolute atomic E-state index is 12.1. The maximum Gasteiger partial charge on any atom is 0.246 e. The number of nitrogen functional groups attached to an aromatic ring is 1. The SMILES string of the molecule is CC(C)n1cnnc1CN(C)C(=O)C=Cc1cnc(N)nc1. The summed E-state index contributed by atoms with van der Waals surface area (Å²) in [7, 11) is 1.71. The van der Waals surface area contributed by atoms with Gasteiger partial charge in [-0.25, -0.2) is 9.97 Å². The zero-order valence-corrected chi connectivity index (χ0v) is 12.8. The summed E-state index contributed by atoms with van der Waals surface area (Å²) in [6.45, 7) is 4.46. The van der Waals surface area contributed by atoms with Gasteiger partial charge in [0.1, 0.15) is 6.33 Å². The first-order chi connectivity index (χ1) is 10.5. The molecule has 2 aromatic rings. The van der Waals surface area contributed by atoms with Crippen molar-refractivity contribution in [3.63, 3.8) is 0 Å². The van der Waals surface area contributed by atoms with Crippen molar-refractivity contribution in [1.82, 2.24) is 29.6 Å². The van der Waals surface area contributed by atoms with Gasteiger partial charge in [0.05, 0.1) is 6.54 Å². The number of hydrogen-bond acceptors (Lipinski definition) is 6. The fourth-order valence-electron chi connectivity index (χ4n) is 1.83. The Morgan fingerprint density at radius 3 is 2.73 bits per heavy atom. The summed E-state index contributed by atoms with van der Waals surface area (Å²) in [5.41, 5.74) is 6.12. The zero-order chi connectivity index (χ0) is 16.1. The molecule has 2 aromatic heterocycles. The van der Waals surface area contributed by atoms with Crippen molar-refractivity contribution in [2.75, 3.05) is 12.8 Å². The van der Waals surface area contributed by atoms with Crippen LogP contribution in [0.25, 0.3) is 6.08 Å². The highest BCUT2D eigenvalue weighted by molar-refractivity contribution is 5.91. The summed E-state index contributed by atoms with van der Waals surface area (Å²) in [5.74, 6) is 0.804. The van der Waals surface area contributed by atoms with Gasteiger partial charge in [0, 0.05) is 37.1 Å². The van der Waals surface area contributed by atoms with Crippen LogP contribution in [-0.4, -0.2) is 42.6 Å². The summed E-state index contributed by atoms with van der Waals surface area (Å²) in [4.78, 5) is 21.4. The molecule has 116 valence electrons. The molecule has 0 saturated carbocycles. The molecule has 22 heavy (non-hydrogen) atoms. The van der Waals surface area contributed by atoms with Crippen molar-refractivity contribution in [1.29, 1.82) is 0 Å². The van der Waals surface area contributed by atoms with Gasteiger partial charge in [0.25, 0.3) is 0 Å². The molecular weight excluding hydrogens is 282 g/mol. The van der Waals surface area contributed by atoms with Crippen LogP contribution in [0.15, 0.2) is 24.8 Å². The highest BCUT2D eigenvalue weighted by Crippen LogP contribution is 2.09. The second kappa shape index (κ2) is 6.79. The number of nitrogens with two attached hydrogens (primary N) is 1. The first kappa shape index (κ1) is 15.6. The van der Waals surface area contributed by atoms with Crippen molar-refractivity contribution in [3.05, 3.63) is 36.2 Å². The van der Waals surface area contributed by atoms with Crippen LogP contribution in [0.1, 0.15) is 31.3 Å². The predicted molar refractivity (Wildman–Crippen MR) is 82.4 cm³/mol. The van der Waals surface area contributed by atoms with E-state index in [1.807, 2.05) is 18.4 Å². The van der Waals surface area contributed by atoms with E-state index >= 15 is 0 Å². The Kier molecular flexibility index (Phi) is 4.82. The number of carbonyl (C=O) groups excluding carboxylic acids is 1. The number of likely N-dealkylation sites (N-methyl/N-ethyl adjacent to an activating group) is 1. The van der Waals surface area contributed by atoms with E-state index in [4.69, 9.17) is 5.73 Å². The molecule has 0 atom stereocenters. The summed E-state index contributed by atoms with van der Waals surface area (Å²) in [6.07, 6.45) is 7.89. The standard InChI is InChI=1S/C14H19N7O/c1-10(2)21-9-18-19-12(21)8-20(3)13(22)5-4-11-6-16-14(15)17-7-11/h4-7,9-10H,8H2,1-3H3,(H2,15,16,17). The van der Waals surface area contributed by atoms with Gasteiger partial charge in [-0.1, -0.05) is 0 Å². The highest BCUT2D eigenvalue weighted by Gasteiger charge is 2.12. The molecule has 0 aliphatic carbocycles. The van der Waals surface area contributed by atoms with E-state index in [9.17, 15) is 4.79 Å². The molecule has 2 N–H and O–H groups in total. The van der Waals surface area contributed by atoms with Gasteiger partial charge in [-0.3, -0.25) is 4.79 Å². The van der Waals surface area contributed by atoms with E-state index in [-0.39, 0.29) is 17.9 Å². The van der Waals surface area contributed by atoms with Crippen molar-refractivity contribution >= 4 is 17.9 Å². The zero-order valence-electron chi connectivity index (χ0n) is 12.8. The lowest BCUT2D eigenvalue weighted by atomic mass is 10.3. The number of anilines is 1. The summed E-state index contributed by atoms with van der Waals surface area (Å²) < 4.78 is 1.93. The van der Waals surface area contributed by atoms with E-state index in [0.717, 1.165) is 5.82 Å². The van der Waals surface area contributed by atoms with Crippen LogP contribution in [0, 0.1) is 0 Å². The molecule has 0 bridgehead atoms. The third-order valence-electron chi connectivity index (χ3n) is 3.07. The van der Waals surface area contributed by atoms with Gasteiger partial charge in [-0.15, -0.1) is 10.2 Å². The number of amides is 1. The lowest BCUT2D eigenvalue weighted by Gasteiger charge is -2.16. The van der Waals surface area contributed by atoms with Gasteiger partial charge in [0.2, 0.25) is 11.9 Å². The lowest BCUT2D eigenvalue weighted by molar-refractivity contribution is -0.125. The van der Waals surface area contributed by atoms with Crippen LogP contribution in [0.4, 0.5) is 5.95 Å². The summed E-state index contributed by atoms with van der Waals surface area (Å²) >= 11 is 0. The minimum atomic E-state index is -0.143. The molecule has 0 aliphatic heterocycles. The molecule has 8 nitrogen and oxygen atoms in total. The Labute approximate surface area is 128 Å². The molecule has 0 spiro atoms. The van der Waals surface area contributed by atoms with Crippen LogP contribution in [-0.2, 0) is 11.3 Å². The van der Waals surface area contributed by atoms with Crippen molar-refractivity contribution < 1.29 is 4.79 Å². The van der Waals surface area contributed by atoms with Crippen molar-refractivity contribution in [3.8, 4) is 0 Å². The molecule has 8 heteroatoms. The molecule has 0 radical (unpaired) electrons. The molecule has 1 amide bonds. The van der Waals surface area contributed by atoms with E-state index in [1.165, 1.54) is 6.08 Å². The number of rotatable bonds is 5. The topological polar surface area (TPSA) is 103 Å². The van der Waals surface area contributed by atoms with Gasteiger partial charge >= 0.3 is 0 Å². The number of aromatic nitrogens is 5. The lowest BCUT2D eigenvalue weighted by Crippen LogP contribution is -2.26. The van der Waals surface area contributed by atoms with Crippen LogP contribution >= 0.6 is 0 Å². The molecule has 0 aromatic carbocycles. The van der Waals surface area contributed by atoms with Crippen LogP contribution in [0.3, 0.4) is 0 Å². The quantitative estimate of drug-likeness (QED) is 0.823. The number of nitrogens with zero attached hydrogens (tertiary/aromatic N) is 6. The molecular formula is C14H19N7O. The first-order valence-corrected chi connectivity index (χ1v) is 6.86. The Morgan fingerprint density at radius 1 is 1.41 bits per heavy atom. The third-order valence-corrected chi connectivity index (χ3v) is 3.07. The Bertz CT molecular complexity index is 660. The summed E-state index contributed by atoms with van der Waals surface area (Å²) in [6, 6.07) is 0.246. The molecule has 0 fully saturated rings. The van der Waals surface area contributed by atoms with Crippen LogP contribution in [0.5, 0.6) is 0 Å². The second-order valence-corrected chi connectivity index (χ2v) is 5.15. The largest absolute Gasteiger partial charge is 0.368 e. The van der Waals surface area contributed by atoms with E-state index in [2.05, 4.69) is 20.2 Å². The van der Waals surface area contributed by atoms with Crippen LogP contribution in [0.2, 0.25) is 0 Å². The normalized spacial score (nSPS) is 11.3. The van der Waals surface area contributed by atoms with Gasteiger partial charge in [-0.2, -0.15) is 0 Å². The highest BCUT2D eigenvalue weighted by atomic mass is 16.2. The first-order valence-electron chi connectivity index (χ1n) is 6.86. The van der Waals surface area contributed by atoms with E-state index in [0.29, 0.717) is 12.1 Å². The van der Waals surface area contributed by atoms with E-state index < -0.39 is 0 Å². The Hall–Kier alpha value is -2.77. The van der Waals surface area contributed by atoms with Gasteiger partial charge in [0.15, 0.2) is 5.82 Å². The predicted octanol–water partition coefficient (Wildman–Crippen LogP) is 0.903. The minimum absolute atomic E-state index is 0.143. The third kappa shape index (κ3) is 3.87. The average Bonchev–Trinajstić information content (AvgIpc) is 2.94. The van der Waals surface area contributed by atoms with Gasteiger partial charge in [-0.05, 0) is 19.9 Å². The Morgan fingerprint density at radius 2 is 2.09 bits per heavy atom.